The van der Waals surface area contributed by atoms with E-state index in [1.54, 1.807) is 29.9 Å². The number of nitrogens with zero attached hydrogens (tertiary/aromatic N) is 5. The van der Waals surface area contributed by atoms with Gasteiger partial charge in [-0.05, 0) is 30.2 Å². The lowest BCUT2D eigenvalue weighted by molar-refractivity contribution is -0.115. The first-order valence-electron chi connectivity index (χ1n) is 9.58. The van der Waals surface area contributed by atoms with Crippen molar-refractivity contribution in [2.24, 2.45) is 0 Å². The summed E-state index contributed by atoms with van der Waals surface area (Å²) in [7, 11) is 0. The Morgan fingerprint density at radius 3 is 2.67 bits per heavy atom. The van der Waals surface area contributed by atoms with Crippen molar-refractivity contribution < 1.29 is 4.79 Å². The van der Waals surface area contributed by atoms with E-state index >= 15 is 0 Å². The first-order chi connectivity index (χ1) is 14.7. The average molecular weight is 436 g/mol. The Balaban J connectivity index is 1.53. The quantitative estimate of drug-likeness (QED) is 0.370. The SMILES string of the molecule is CCc1ccccc1N(C(C)=O)c1nc(CSc2nncn2-c2ccccc2)cs1. The lowest BCUT2D eigenvalue weighted by atomic mass is 10.1. The number of hydrogen-bond donors (Lipinski definition) is 0. The second-order valence-electron chi connectivity index (χ2n) is 6.57. The predicted octanol–water partition coefficient (Wildman–Crippen LogP) is 5.26. The minimum atomic E-state index is -0.0479. The summed E-state index contributed by atoms with van der Waals surface area (Å²) in [6.07, 6.45) is 2.56. The molecule has 0 atom stereocenters. The van der Waals surface area contributed by atoms with E-state index in [4.69, 9.17) is 4.98 Å². The molecule has 8 heteroatoms. The summed E-state index contributed by atoms with van der Waals surface area (Å²) in [6, 6.07) is 18.0. The van der Waals surface area contributed by atoms with Crippen molar-refractivity contribution >= 4 is 39.8 Å². The Hall–Kier alpha value is -2.97. The number of para-hydroxylation sites is 2. The molecule has 0 saturated carbocycles. The van der Waals surface area contributed by atoms with Gasteiger partial charge in [-0.3, -0.25) is 14.3 Å². The van der Waals surface area contributed by atoms with Gasteiger partial charge in [0.05, 0.1) is 11.4 Å². The summed E-state index contributed by atoms with van der Waals surface area (Å²) < 4.78 is 1.96. The van der Waals surface area contributed by atoms with Crippen molar-refractivity contribution in [2.45, 2.75) is 31.2 Å². The second-order valence-corrected chi connectivity index (χ2v) is 8.34. The Morgan fingerprint density at radius 2 is 1.90 bits per heavy atom. The van der Waals surface area contributed by atoms with Crippen molar-refractivity contribution in [3.05, 3.63) is 77.6 Å². The van der Waals surface area contributed by atoms with E-state index in [0.29, 0.717) is 10.9 Å². The topological polar surface area (TPSA) is 63.9 Å². The van der Waals surface area contributed by atoms with E-state index in [0.717, 1.165) is 34.2 Å². The van der Waals surface area contributed by atoms with Crippen molar-refractivity contribution in [1.29, 1.82) is 0 Å². The standard InChI is InChI=1S/C22H21N5OS2/c1-3-17-9-7-8-12-20(17)27(16(2)28)21-24-18(13-29-21)14-30-22-25-23-15-26(22)19-10-5-4-6-11-19/h4-13,15H,3,14H2,1-2H3. The van der Waals surface area contributed by atoms with Crippen LogP contribution in [0.3, 0.4) is 0 Å². The smallest absolute Gasteiger partial charge is 0.230 e. The monoisotopic (exact) mass is 435 g/mol. The van der Waals surface area contributed by atoms with Gasteiger partial charge in [0.15, 0.2) is 10.3 Å². The van der Waals surface area contributed by atoms with Crippen LogP contribution in [0.4, 0.5) is 10.8 Å². The summed E-state index contributed by atoms with van der Waals surface area (Å²) in [5, 5.41) is 11.8. The van der Waals surface area contributed by atoms with Crippen molar-refractivity contribution in [1.82, 2.24) is 19.7 Å². The van der Waals surface area contributed by atoms with Gasteiger partial charge in [0, 0.05) is 23.7 Å². The van der Waals surface area contributed by atoms with Gasteiger partial charge in [-0.25, -0.2) is 4.98 Å². The summed E-state index contributed by atoms with van der Waals surface area (Å²) >= 11 is 3.04. The van der Waals surface area contributed by atoms with Gasteiger partial charge in [0.2, 0.25) is 5.91 Å². The Bertz CT molecular complexity index is 1140. The molecule has 0 unspecified atom stereocenters. The van der Waals surface area contributed by atoms with Crippen LogP contribution in [0.2, 0.25) is 0 Å². The van der Waals surface area contributed by atoms with Crippen LogP contribution in [0.5, 0.6) is 0 Å². The molecule has 0 aliphatic heterocycles. The van der Waals surface area contributed by atoms with Gasteiger partial charge in [-0.15, -0.1) is 21.5 Å². The fourth-order valence-electron chi connectivity index (χ4n) is 3.13. The van der Waals surface area contributed by atoms with Gasteiger partial charge < -0.3 is 0 Å². The highest BCUT2D eigenvalue weighted by Crippen LogP contribution is 2.33. The summed E-state index contributed by atoms with van der Waals surface area (Å²) in [4.78, 5) is 18.9. The largest absolute Gasteiger partial charge is 0.277 e. The predicted molar refractivity (Wildman–Crippen MR) is 122 cm³/mol. The Labute approximate surface area is 183 Å². The Morgan fingerprint density at radius 1 is 1.13 bits per heavy atom. The molecule has 0 N–H and O–H groups in total. The van der Waals surface area contributed by atoms with Crippen LogP contribution in [0.15, 0.2) is 71.5 Å². The maximum atomic E-state index is 12.4. The van der Waals surface area contributed by atoms with E-state index < -0.39 is 0 Å². The maximum Gasteiger partial charge on any atom is 0.230 e. The molecule has 6 nitrogen and oxygen atoms in total. The number of rotatable bonds is 7. The number of carbonyl (C=O) groups excluding carboxylic acids is 1. The van der Waals surface area contributed by atoms with Crippen molar-refractivity contribution in [3.8, 4) is 5.69 Å². The molecule has 30 heavy (non-hydrogen) atoms. The number of benzene rings is 2. The van der Waals surface area contributed by atoms with E-state index in [-0.39, 0.29) is 5.91 Å². The first kappa shape index (κ1) is 20.3. The number of thioether (sulfide) groups is 1. The lowest BCUT2D eigenvalue weighted by Crippen LogP contribution is -2.23. The molecular weight excluding hydrogens is 414 g/mol. The molecule has 2 aromatic heterocycles. The number of anilines is 2. The molecule has 2 heterocycles. The van der Waals surface area contributed by atoms with Crippen LogP contribution < -0.4 is 4.90 Å². The second kappa shape index (κ2) is 9.23. The zero-order chi connectivity index (χ0) is 20.9. The fraction of sp³-hybridized carbons (Fsp3) is 0.182. The van der Waals surface area contributed by atoms with Gasteiger partial charge in [0.1, 0.15) is 6.33 Å². The summed E-state index contributed by atoms with van der Waals surface area (Å²) in [6.45, 7) is 3.66. The van der Waals surface area contributed by atoms with Crippen molar-refractivity contribution in [3.63, 3.8) is 0 Å². The number of aryl methyl sites for hydroxylation is 1. The third kappa shape index (κ3) is 4.29. The van der Waals surface area contributed by atoms with Crippen LogP contribution in [0, 0.1) is 0 Å². The summed E-state index contributed by atoms with van der Waals surface area (Å²) in [5.74, 6) is 0.594. The molecule has 4 rings (SSSR count). The molecule has 0 spiro atoms. The van der Waals surface area contributed by atoms with Crippen LogP contribution in [0.1, 0.15) is 25.1 Å². The molecule has 1 amide bonds. The first-order valence-corrected chi connectivity index (χ1v) is 11.4. The van der Waals surface area contributed by atoms with E-state index in [1.807, 2.05) is 64.5 Å². The van der Waals surface area contributed by atoms with E-state index in [9.17, 15) is 4.79 Å². The van der Waals surface area contributed by atoms with E-state index in [1.165, 1.54) is 11.3 Å². The fourth-order valence-corrected chi connectivity index (χ4v) is 4.93. The highest BCUT2D eigenvalue weighted by molar-refractivity contribution is 7.98. The third-order valence-corrected chi connectivity index (χ3v) is 6.41. The summed E-state index contributed by atoms with van der Waals surface area (Å²) in [5.41, 5.74) is 3.94. The molecule has 0 fully saturated rings. The van der Waals surface area contributed by atoms with Crippen LogP contribution >= 0.6 is 23.1 Å². The molecule has 0 aliphatic rings. The average Bonchev–Trinajstić information content (AvgIpc) is 3.43. The number of thiazole rings is 1. The van der Waals surface area contributed by atoms with Gasteiger partial charge in [-0.2, -0.15) is 0 Å². The number of hydrogen-bond acceptors (Lipinski definition) is 6. The van der Waals surface area contributed by atoms with Crippen LogP contribution in [-0.2, 0) is 17.0 Å². The molecular formula is C22H21N5OS2. The zero-order valence-corrected chi connectivity index (χ0v) is 18.4. The highest BCUT2D eigenvalue weighted by atomic mass is 32.2. The van der Waals surface area contributed by atoms with Crippen LogP contribution in [-0.4, -0.2) is 25.7 Å². The van der Waals surface area contributed by atoms with Crippen molar-refractivity contribution in [2.75, 3.05) is 4.90 Å². The minimum absolute atomic E-state index is 0.0479. The molecule has 0 radical (unpaired) electrons. The van der Waals surface area contributed by atoms with Gasteiger partial charge in [0.25, 0.3) is 0 Å². The molecule has 0 saturated heterocycles. The number of aromatic nitrogens is 4. The lowest BCUT2D eigenvalue weighted by Gasteiger charge is -2.20. The minimum Gasteiger partial charge on any atom is -0.277 e. The van der Waals surface area contributed by atoms with Gasteiger partial charge in [-0.1, -0.05) is 55.1 Å². The molecule has 0 aliphatic carbocycles. The van der Waals surface area contributed by atoms with E-state index in [2.05, 4.69) is 17.1 Å². The Kier molecular flexibility index (Phi) is 6.25. The molecule has 0 bridgehead atoms. The highest BCUT2D eigenvalue weighted by Gasteiger charge is 2.20. The van der Waals surface area contributed by atoms with Crippen LogP contribution in [0.25, 0.3) is 5.69 Å². The normalized spacial score (nSPS) is 10.9. The third-order valence-electron chi connectivity index (χ3n) is 4.56. The van der Waals surface area contributed by atoms with Gasteiger partial charge >= 0.3 is 0 Å². The zero-order valence-electron chi connectivity index (χ0n) is 16.7. The maximum absolute atomic E-state index is 12.4. The number of amides is 1. The number of carbonyl (C=O) groups is 1. The molecule has 152 valence electrons. The molecule has 4 aromatic rings. The molecule has 2 aromatic carbocycles.